The van der Waals surface area contributed by atoms with Crippen LogP contribution in [0.1, 0.15) is 42.3 Å². The van der Waals surface area contributed by atoms with Gasteiger partial charge in [-0.15, -0.1) is 0 Å². The van der Waals surface area contributed by atoms with Crippen LogP contribution in [0.15, 0.2) is 17.3 Å². The molecule has 1 aliphatic heterocycles. The van der Waals surface area contributed by atoms with Gasteiger partial charge in [0.15, 0.2) is 5.82 Å². The molecule has 3 heterocycles. The molecule has 0 amide bonds. The first-order valence-electron chi connectivity index (χ1n) is 7.73. The summed E-state index contributed by atoms with van der Waals surface area (Å²) in [6.07, 6.45) is 3.82. The van der Waals surface area contributed by atoms with Gasteiger partial charge in [0.05, 0.1) is 5.69 Å². The summed E-state index contributed by atoms with van der Waals surface area (Å²) in [6, 6.07) is 2.07. The molecule has 0 aromatic carbocycles. The van der Waals surface area contributed by atoms with Gasteiger partial charge < -0.3 is 5.32 Å². The molecule has 1 atom stereocenters. The number of aromatic nitrogens is 3. The minimum atomic E-state index is 0.189. The van der Waals surface area contributed by atoms with E-state index in [1.54, 1.807) is 0 Å². The number of hydrogen-bond acceptors (Lipinski definition) is 5. The highest BCUT2D eigenvalue weighted by Gasteiger charge is 2.27. The molecular weight excluding hydrogens is 310 g/mol. The van der Waals surface area contributed by atoms with Crippen LogP contribution in [-0.4, -0.2) is 21.2 Å². The van der Waals surface area contributed by atoms with Crippen LogP contribution in [0.5, 0.6) is 0 Å². The summed E-state index contributed by atoms with van der Waals surface area (Å²) in [6.45, 7) is 8.99. The summed E-state index contributed by atoms with van der Waals surface area (Å²) in [5.74, 6) is 1.29. The van der Waals surface area contributed by atoms with E-state index >= 15 is 0 Å². The lowest BCUT2D eigenvalue weighted by Crippen LogP contribution is -2.09. The Bertz CT molecular complexity index is 770. The molecule has 0 saturated carbocycles. The molecule has 0 spiro atoms. The largest absolute Gasteiger partial charge is 0.364 e. The second kappa shape index (κ2) is 6.24. The van der Waals surface area contributed by atoms with Gasteiger partial charge in [-0.1, -0.05) is 13.8 Å². The van der Waals surface area contributed by atoms with Crippen LogP contribution >= 0.6 is 11.6 Å². The summed E-state index contributed by atoms with van der Waals surface area (Å²) in [4.78, 5) is 17.5. The predicted molar refractivity (Wildman–Crippen MR) is 93.8 cm³/mol. The number of aliphatic imine (C=N–C) groups is 1. The Balaban J connectivity index is 1.87. The van der Waals surface area contributed by atoms with E-state index in [-0.39, 0.29) is 11.2 Å². The van der Waals surface area contributed by atoms with E-state index in [1.807, 2.05) is 19.3 Å². The van der Waals surface area contributed by atoms with E-state index < -0.39 is 0 Å². The number of nitrogens with zero attached hydrogens (tertiary/aromatic N) is 4. The van der Waals surface area contributed by atoms with E-state index in [2.05, 4.69) is 52.1 Å². The van der Waals surface area contributed by atoms with Gasteiger partial charge in [-0.2, -0.15) is 4.98 Å². The molecule has 1 unspecified atom stereocenters. The van der Waals surface area contributed by atoms with E-state index in [9.17, 15) is 0 Å². The minimum absolute atomic E-state index is 0.189. The molecule has 0 bridgehead atoms. The lowest BCUT2D eigenvalue weighted by molar-refractivity contribution is 0.605. The maximum atomic E-state index is 6.10. The smallest absolute Gasteiger partial charge is 0.224 e. The molecule has 0 aliphatic carbocycles. The maximum absolute atomic E-state index is 6.10. The zero-order valence-corrected chi connectivity index (χ0v) is 14.5. The van der Waals surface area contributed by atoms with Gasteiger partial charge in [0.25, 0.3) is 0 Å². The second-order valence-corrected chi connectivity index (χ2v) is 6.57. The lowest BCUT2D eigenvalue weighted by Gasteiger charge is -2.14. The topological polar surface area (TPSA) is 63.1 Å². The standard InChI is InChI=1S/C17H20ClN5/c1-9(2)13-8-20-15-14(13)22-17(18)23-16(15)21-7-12-6-19-11(4)5-10(12)3/h5-6,8-9,13H,7H2,1-4H3,(H,21,22,23). The van der Waals surface area contributed by atoms with Crippen LogP contribution in [0.4, 0.5) is 11.5 Å². The van der Waals surface area contributed by atoms with Crippen molar-refractivity contribution < 1.29 is 0 Å². The summed E-state index contributed by atoms with van der Waals surface area (Å²) < 4.78 is 0. The summed E-state index contributed by atoms with van der Waals surface area (Å²) in [5.41, 5.74) is 5.04. The molecule has 1 aliphatic rings. The van der Waals surface area contributed by atoms with Crippen molar-refractivity contribution in [3.63, 3.8) is 0 Å². The normalized spacial score (nSPS) is 16.0. The first kappa shape index (κ1) is 15.9. The zero-order valence-electron chi connectivity index (χ0n) is 13.8. The minimum Gasteiger partial charge on any atom is -0.364 e. The van der Waals surface area contributed by atoms with Crippen molar-refractivity contribution in [1.29, 1.82) is 0 Å². The first-order chi connectivity index (χ1) is 11.0. The summed E-state index contributed by atoms with van der Waals surface area (Å²) >= 11 is 6.10. The molecule has 0 fully saturated rings. The molecule has 120 valence electrons. The third-order valence-electron chi connectivity index (χ3n) is 4.08. The molecule has 1 N–H and O–H groups in total. The molecule has 6 heteroatoms. The van der Waals surface area contributed by atoms with Crippen LogP contribution in [0.25, 0.3) is 0 Å². The van der Waals surface area contributed by atoms with Crippen LogP contribution in [0.3, 0.4) is 0 Å². The van der Waals surface area contributed by atoms with E-state index in [1.165, 1.54) is 5.56 Å². The average Bonchev–Trinajstić information content (AvgIpc) is 2.90. The Morgan fingerprint density at radius 1 is 1.26 bits per heavy atom. The van der Waals surface area contributed by atoms with Gasteiger partial charge in [0.2, 0.25) is 5.28 Å². The van der Waals surface area contributed by atoms with Gasteiger partial charge in [0.1, 0.15) is 5.69 Å². The van der Waals surface area contributed by atoms with Crippen molar-refractivity contribution >= 4 is 29.3 Å². The van der Waals surface area contributed by atoms with Crippen LogP contribution in [0.2, 0.25) is 5.28 Å². The van der Waals surface area contributed by atoms with E-state index in [4.69, 9.17) is 11.6 Å². The molecule has 0 radical (unpaired) electrons. The van der Waals surface area contributed by atoms with Gasteiger partial charge in [-0.25, -0.2) is 4.98 Å². The quantitative estimate of drug-likeness (QED) is 0.853. The highest BCUT2D eigenvalue weighted by atomic mass is 35.5. The van der Waals surface area contributed by atoms with Crippen LogP contribution in [0, 0.1) is 19.8 Å². The second-order valence-electron chi connectivity index (χ2n) is 6.23. The van der Waals surface area contributed by atoms with Crippen molar-refractivity contribution in [3.8, 4) is 0 Å². The fourth-order valence-electron chi connectivity index (χ4n) is 2.73. The number of aryl methyl sites for hydroxylation is 2. The van der Waals surface area contributed by atoms with Gasteiger partial charge in [-0.3, -0.25) is 9.98 Å². The molecule has 3 rings (SSSR count). The highest BCUT2D eigenvalue weighted by Crippen LogP contribution is 2.39. The van der Waals surface area contributed by atoms with Gasteiger partial charge >= 0.3 is 0 Å². The number of pyridine rings is 1. The first-order valence-corrected chi connectivity index (χ1v) is 8.11. The molecule has 23 heavy (non-hydrogen) atoms. The third kappa shape index (κ3) is 3.20. The van der Waals surface area contributed by atoms with Crippen molar-refractivity contribution in [3.05, 3.63) is 40.1 Å². The van der Waals surface area contributed by atoms with Crippen LogP contribution in [-0.2, 0) is 6.54 Å². The van der Waals surface area contributed by atoms with Crippen molar-refractivity contribution in [2.24, 2.45) is 10.9 Å². The van der Waals surface area contributed by atoms with E-state index in [0.29, 0.717) is 18.3 Å². The molecular formula is C17H20ClN5. The number of nitrogens with one attached hydrogen (secondary N) is 1. The Morgan fingerprint density at radius 3 is 2.74 bits per heavy atom. The van der Waals surface area contributed by atoms with Gasteiger partial charge in [-0.05, 0) is 48.6 Å². The molecule has 5 nitrogen and oxygen atoms in total. The summed E-state index contributed by atoms with van der Waals surface area (Å²) in [7, 11) is 0. The molecule has 2 aromatic rings. The number of fused-ring (bicyclic) bond motifs is 1. The molecule has 0 saturated heterocycles. The summed E-state index contributed by atoms with van der Waals surface area (Å²) in [5, 5.41) is 3.58. The number of hydrogen-bond donors (Lipinski definition) is 1. The van der Waals surface area contributed by atoms with Gasteiger partial charge in [0, 0.05) is 30.6 Å². The third-order valence-corrected chi connectivity index (χ3v) is 4.25. The molecule has 2 aromatic heterocycles. The number of halogens is 1. The zero-order chi connectivity index (χ0) is 16.6. The van der Waals surface area contributed by atoms with Crippen molar-refractivity contribution in [2.45, 2.75) is 40.2 Å². The van der Waals surface area contributed by atoms with Crippen molar-refractivity contribution in [2.75, 3.05) is 5.32 Å². The highest BCUT2D eigenvalue weighted by molar-refractivity contribution is 6.28. The Morgan fingerprint density at radius 2 is 2.04 bits per heavy atom. The Hall–Kier alpha value is -2.01. The maximum Gasteiger partial charge on any atom is 0.224 e. The Kier molecular flexibility index (Phi) is 4.31. The monoisotopic (exact) mass is 329 g/mol. The Labute approximate surface area is 141 Å². The van der Waals surface area contributed by atoms with Crippen LogP contribution < -0.4 is 5.32 Å². The predicted octanol–water partition coefficient (Wildman–Crippen LogP) is 4.21. The van der Waals surface area contributed by atoms with E-state index in [0.717, 1.165) is 22.6 Å². The number of anilines is 1. The average molecular weight is 330 g/mol. The van der Waals surface area contributed by atoms with Crippen molar-refractivity contribution in [1.82, 2.24) is 15.0 Å². The SMILES string of the molecule is Cc1cc(C)c(CNc2nc(Cl)nc3c2N=CC3C(C)C)cn1. The lowest BCUT2D eigenvalue weighted by atomic mass is 9.94. The fraction of sp³-hybridized carbons (Fsp3) is 0.412. The number of rotatable bonds is 4. The fourth-order valence-corrected chi connectivity index (χ4v) is 2.90.